The number of hydrogen-bond acceptors (Lipinski definition) is 4. The molecule has 3 aromatic rings. The highest BCUT2D eigenvalue weighted by Crippen LogP contribution is 2.22. The summed E-state index contributed by atoms with van der Waals surface area (Å²) in [4.78, 5) is 14.1. The van der Waals surface area contributed by atoms with Gasteiger partial charge in [-0.25, -0.2) is 9.98 Å². The summed E-state index contributed by atoms with van der Waals surface area (Å²) in [6.45, 7) is 10.6. The van der Waals surface area contributed by atoms with E-state index < -0.39 is 0 Å². The maximum Gasteiger partial charge on any atom is 0.194 e. The Morgan fingerprint density at radius 3 is 2.67 bits per heavy atom. The lowest BCUT2D eigenvalue weighted by Crippen LogP contribution is -2.52. The second-order valence-corrected chi connectivity index (χ2v) is 8.44. The molecule has 158 valence electrons. The van der Waals surface area contributed by atoms with Gasteiger partial charge in [0.15, 0.2) is 5.96 Å². The van der Waals surface area contributed by atoms with Crippen molar-refractivity contribution in [3.8, 4) is 0 Å². The van der Waals surface area contributed by atoms with Gasteiger partial charge in [0.1, 0.15) is 5.82 Å². The quantitative estimate of drug-likeness (QED) is 0.487. The summed E-state index contributed by atoms with van der Waals surface area (Å²) < 4.78 is 2.17. The zero-order valence-corrected chi connectivity index (χ0v) is 18.6. The lowest BCUT2D eigenvalue weighted by atomic mass is 10.1. The molecule has 0 radical (unpaired) electrons. The van der Waals surface area contributed by atoms with E-state index in [0.717, 1.165) is 51.1 Å². The maximum absolute atomic E-state index is 4.95. The molecule has 2 aromatic heterocycles. The van der Waals surface area contributed by atoms with Gasteiger partial charge in [-0.3, -0.25) is 0 Å². The van der Waals surface area contributed by atoms with E-state index in [0.29, 0.717) is 6.54 Å². The molecule has 1 N–H and O–H groups in total. The number of piperazine rings is 1. The Morgan fingerprint density at radius 1 is 1.13 bits per heavy atom. The molecule has 1 aromatic carbocycles. The number of benzene rings is 1. The van der Waals surface area contributed by atoms with Crippen molar-refractivity contribution in [2.45, 2.75) is 26.9 Å². The minimum atomic E-state index is 0.685. The molecule has 0 bridgehead atoms. The van der Waals surface area contributed by atoms with Crippen molar-refractivity contribution < 1.29 is 0 Å². The van der Waals surface area contributed by atoms with Crippen LogP contribution in [0.25, 0.3) is 0 Å². The Balaban J connectivity index is 1.39. The Kier molecular flexibility index (Phi) is 6.69. The lowest BCUT2D eigenvalue weighted by Gasteiger charge is -2.37. The van der Waals surface area contributed by atoms with E-state index in [1.165, 1.54) is 16.1 Å². The average Bonchev–Trinajstić information content (AvgIpc) is 3.44. The molecule has 1 aliphatic heterocycles. The third kappa shape index (κ3) is 5.02. The summed E-state index contributed by atoms with van der Waals surface area (Å²) in [6, 6.07) is 13.0. The molecule has 0 aliphatic carbocycles. The molecule has 0 atom stereocenters. The number of nitrogens with one attached hydrogen (secondary N) is 1. The number of nitrogens with zero attached hydrogens (tertiary/aromatic N) is 5. The van der Waals surface area contributed by atoms with Gasteiger partial charge < -0.3 is 19.7 Å². The Labute approximate surface area is 182 Å². The smallest absolute Gasteiger partial charge is 0.194 e. The number of imidazole rings is 1. The van der Waals surface area contributed by atoms with E-state index in [4.69, 9.17) is 4.99 Å². The molecule has 1 fully saturated rings. The first-order valence-corrected chi connectivity index (χ1v) is 11.5. The van der Waals surface area contributed by atoms with Crippen molar-refractivity contribution in [2.75, 3.05) is 37.6 Å². The van der Waals surface area contributed by atoms with Crippen molar-refractivity contribution in [3.05, 3.63) is 71.1 Å². The Hall–Kier alpha value is -2.80. The number of guanidine groups is 1. The third-order valence-electron chi connectivity index (χ3n) is 5.41. The number of rotatable bonds is 6. The van der Waals surface area contributed by atoms with Crippen LogP contribution in [0.1, 0.15) is 23.9 Å². The maximum atomic E-state index is 4.95. The Morgan fingerprint density at radius 2 is 1.97 bits per heavy atom. The molecule has 7 heteroatoms. The highest BCUT2D eigenvalue weighted by atomic mass is 32.1. The summed E-state index contributed by atoms with van der Waals surface area (Å²) in [7, 11) is 0. The summed E-state index contributed by atoms with van der Waals surface area (Å²) in [6.07, 6.45) is 3.88. The van der Waals surface area contributed by atoms with Gasteiger partial charge >= 0.3 is 0 Å². The van der Waals surface area contributed by atoms with Crippen molar-refractivity contribution in [2.24, 2.45) is 4.99 Å². The van der Waals surface area contributed by atoms with Gasteiger partial charge in [-0.2, -0.15) is 0 Å². The summed E-state index contributed by atoms with van der Waals surface area (Å²) >= 11 is 1.82. The molecule has 0 unspecified atom stereocenters. The molecule has 6 nitrogen and oxygen atoms in total. The van der Waals surface area contributed by atoms with Crippen LogP contribution in [0.2, 0.25) is 0 Å². The van der Waals surface area contributed by atoms with E-state index in [1.807, 2.05) is 30.7 Å². The van der Waals surface area contributed by atoms with Crippen LogP contribution in [0.5, 0.6) is 0 Å². The van der Waals surface area contributed by atoms with Crippen LogP contribution in [-0.2, 0) is 13.1 Å². The molecule has 4 rings (SSSR count). The van der Waals surface area contributed by atoms with Crippen molar-refractivity contribution >= 4 is 22.3 Å². The normalized spacial score (nSPS) is 14.9. The van der Waals surface area contributed by atoms with Crippen molar-refractivity contribution in [1.82, 2.24) is 19.8 Å². The zero-order chi connectivity index (χ0) is 20.8. The fourth-order valence-corrected chi connectivity index (χ4v) is 4.56. The number of aromatic nitrogens is 2. The van der Waals surface area contributed by atoms with Gasteiger partial charge in [0.05, 0.1) is 11.5 Å². The highest BCUT2D eigenvalue weighted by molar-refractivity contribution is 7.14. The van der Waals surface area contributed by atoms with E-state index in [1.54, 1.807) is 0 Å². The van der Waals surface area contributed by atoms with Gasteiger partial charge in [-0.15, -0.1) is 11.3 Å². The van der Waals surface area contributed by atoms with E-state index in [2.05, 4.69) is 73.4 Å². The van der Waals surface area contributed by atoms with Crippen LogP contribution in [0.15, 0.2) is 59.2 Å². The van der Waals surface area contributed by atoms with Crippen LogP contribution >= 0.6 is 11.3 Å². The number of aliphatic imine (C=N–C) groups is 1. The molecule has 1 aliphatic rings. The van der Waals surface area contributed by atoms with Gasteiger partial charge in [0.25, 0.3) is 0 Å². The first-order valence-electron chi connectivity index (χ1n) is 10.6. The molecule has 30 heavy (non-hydrogen) atoms. The second-order valence-electron chi connectivity index (χ2n) is 7.52. The SMILES string of the molecule is CCNC(=NCc1cccc(Cn2ccnc2C)c1)N1CCN(c2cccs2)CC1. The minimum Gasteiger partial charge on any atom is -0.360 e. The molecular weight excluding hydrogens is 392 g/mol. The van der Waals surface area contributed by atoms with Crippen LogP contribution < -0.4 is 10.2 Å². The monoisotopic (exact) mass is 422 g/mol. The fourth-order valence-electron chi connectivity index (χ4n) is 3.77. The van der Waals surface area contributed by atoms with E-state index in [-0.39, 0.29) is 0 Å². The first kappa shape index (κ1) is 20.5. The molecule has 3 heterocycles. The predicted octanol–water partition coefficient (Wildman–Crippen LogP) is 3.59. The van der Waals surface area contributed by atoms with Crippen LogP contribution in [-0.4, -0.2) is 53.1 Å². The summed E-state index contributed by atoms with van der Waals surface area (Å²) in [5.74, 6) is 2.05. The van der Waals surface area contributed by atoms with E-state index in [9.17, 15) is 0 Å². The van der Waals surface area contributed by atoms with Crippen molar-refractivity contribution in [1.29, 1.82) is 0 Å². The highest BCUT2D eigenvalue weighted by Gasteiger charge is 2.20. The molecule has 0 saturated carbocycles. The standard InChI is InChI=1S/C23H30N6S/c1-3-24-23(28-13-11-27(12-14-28)22-8-5-15-30-22)26-17-20-6-4-7-21(16-20)18-29-10-9-25-19(29)2/h4-10,15-16H,3,11-14,17-18H2,1-2H3,(H,24,26). The number of hydrogen-bond donors (Lipinski definition) is 1. The molecular formula is C23H30N6S. The number of aryl methyl sites for hydroxylation is 1. The molecule has 0 amide bonds. The predicted molar refractivity (Wildman–Crippen MR) is 125 cm³/mol. The Bertz CT molecular complexity index is 954. The van der Waals surface area contributed by atoms with E-state index >= 15 is 0 Å². The summed E-state index contributed by atoms with van der Waals surface area (Å²) in [5, 5.41) is 6.99. The van der Waals surface area contributed by atoms with Crippen LogP contribution in [0, 0.1) is 6.92 Å². The molecule has 1 saturated heterocycles. The largest absolute Gasteiger partial charge is 0.360 e. The first-order chi connectivity index (χ1) is 14.7. The number of anilines is 1. The zero-order valence-electron chi connectivity index (χ0n) is 17.8. The molecule has 0 spiro atoms. The fraction of sp³-hybridized carbons (Fsp3) is 0.391. The van der Waals surface area contributed by atoms with Crippen molar-refractivity contribution in [3.63, 3.8) is 0 Å². The second kappa shape index (κ2) is 9.80. The number of thiophene rings is 1. The van der Waals surface area contributed by atoms with Gasteiger partial charge in [0, 0.05) is 51.7 Å². The van der Waals surface area contributed by atoms with Gasteiger partial charge in [0.2, 0.25) is 0 Å². The summed E-state index contributed by atoms with van der Waals surface area (Å²) in [5.41, 5.74) is 2.51. The topological polar surface area (TPSA) is 48.7 Å². The lowest BCUT2D eigenvalue weighted by molar-refractivity contribution is 0.373. The van der Waals surface area contributed by atoms with Crippen LogP contribution in [0.3, 0.4) is 0 Å². The van der Waals surface area contributed by atoms with Gasteiger partial charge in [-0.1, -0.05) is 24.3 Å². The minimum absolute atomic E-state index is 0.685. The van der Waals surface area contributed by atoms with Crippen LogP contribution in [0.4, 0.5) is 5.00 Å². The van der Waals surface area contributed by atoms with Gasteiger partial charge in [-0.05, 0) is 42.5 Å². The average molecular weight is 423 g/mol. The third-order valence-corrected chi connectivity index (χ3v) is 6.34.